The van der Waals surface area contributed by atoms with Gasteiger partial charge in [0.1, 0.15) is 0 Å². The smallest absolute Gasteiger partial charge is 0 e. The molecular formula is C39H31GeIrN3O-2. The zero-order valence-electron chi connectivity index (χ0n) is 25.6. The minimum atomic E-state index is -1.92. The summed E-state index contributed by atoms with van der Waals surface area (Å²) in [7, 11) is 0. The van der Waals surface area contributed by atoms with Gasteiger partial charge in [-0.15, -0.1) is 35.9 Å². The summed E-state index contributed by atoms with van der Waals surface area (Å²) in [5.74, 6) is 7.14. The van der Waals surface area contributed by atoms with Crippen LogP contribution >= 0.6 is 0 Å². The van der Waals surface area contributed by atoms with Crippen molar-refractivity contribution in [2.75, 3.05) is 0 Å². The maximum Gasteiger partial charge on any atom is 0 e. The van der Waals surface area contributed by atoms with E-state index < -0.39 is 13.3 Å². The third-order valence-corrected chi connectivity index (χ3v) is 11.9. The molecule has 0 aliphatic heterocycles. The van der Waals surface area contributed by atoms with E-state index in [1.165, 1.54) is 9.96 Å². The first-order chi connectivity index (χ1) is 21.3. The van der Waals surface area contributed by atoms with Crippen LogP contribution in [0.1, 0.15) is 11.1 Å². The molecule has 3 aromatic heterocycles. The Morgan fingerprint density at radius 2 is 1.51 bits per heavy atom. The van der Waals surface area contributed by atoms with Crippen LogP contribution in [0.25, 0.3) is 55.6 Å². The number of hydrogen-bond donors (Lipinski definition) is 0. The molecule has 0 N–H and O–H groups in total. The first kappa shape index (κ1) is 32.1. The molecule has 0 fully saturated rings. The Hall–Kier alpha value is -4.34. The number of nitriles is 1. The third kappa shape index (κ3) is 6.84. The van der Waals surface area contributed by atoms with Crippen LogP contribution in [0.2, 0.25) is 17.3 Å². The number of rotatable bonds is 4. The third-order valence-electron chi connectivity index (χ3n) is 7.58. The van der Waals surface area contributed by atoms with E-state index in [2.05, 4.69) is 75.8 Å². The zero-order valence-corrected chi connectivity index (χ0v) is 30.0. The summed E-state index contributed by atoms with van der Waals surface area (Å²) in [5, 5.41) is 11.8. The fourth-order valence-electron chi connectivity index (χ4n) is 5.20. The predicted molar refractivity (Wildman–Crippen MR) is 182 cm³/mol. The monoisotopic (exact) mass is 824 g/mol. The van der Waals surface area contributed by atoms with E-state index in [1.54, 1.807) is 6.20 Å². The van der Waals surface area contributed by atoms with Gasteiger partial charge in [-0.2, -0.15) is 0 Å². The molecule has 0 amide bonds. The predicted octanol–water partition coefficient (Wildman–Crippen LogP) is 9.39. The maximum absolute atomic E-state index is 9.83. The molecule has 223 valence electrons. The van der Waals surface area contributed by atoms with Crippen molar-refractivity contribution in [1.29, 1.82) is 5.26 Å². The number of nitrogens with zero attached hydrogens (tertiary/aromatic N) is 3. The molecule has 3 heterocycles. The molecule has 4 aromatic carbocycles. The van der Waals surface area contributed by atoms with Gasteiger partial charge in [-0.1, -0.05) is 12.1 Å². The van der Waals surface area contributed by atoms with Crippen molar-refractivity contribution >= 4 is 39.6 Å². The SMILES string of the molecule is Cc1ccc(-c2[c-]cccc2)nc1.[CH3][Ge]([CH3])([CH3])[c]1ccc(-c2c(C#N)ccc3c2oc2c(-c4ccccn4)[c-]ccc23)cc1.[Ir]. The van der Waals surface area contributed by atoms with Crippen LogP contribution in [-0.4, -0.2) is 23.2 Å². The van der Waals surface area contributed by atoms with E-state index >= 15 is 0 Å². The van der Waals surface area contributed by atoms with Gasteiger partial charge in [0.2, 0.25) is 0 Å². The number of benzene rings is 4. The molecule has 0 unspecified atom stereocenters. The second kappa shape index (κ2) is 13.8. The fraction of sp³-hybridized carbons (Fsp3) is 0.103. The maximum atomic E-state index is 9.83. The Balaban J connectivity index is 0.000000240. The van der Waals surface area contributed by atoms with Gasteiger partial charge in [0.15, 0.2) is 0 Å². The van der Waals surface area contributed by atoms with E-state index in [9.17, 15) is 5.26 Å². The molecule has 7 rings (SSSR count). The van der Waals surface area contributed by atoms with E-state index in [1.807, 2.05) is 85.9 Å². The number of hydrogen-bond acceptors (Lipinski definition) is 4. The summed E-state index contributed by atoms with van der Waals surface area (Å²) in [6.07, 6.45) is 3.64. The van der Waals surface area contributed by atoms with Crippen LogP contribution in [0.4, 0.5) is 0 Å². The summed E-state index contributed by atoms with van der Waals surface area (Å²) in [4.78, 5) is 8.80. The molecule has 0 saturated heterocycles. The van der Waals surface area contributed by atoms with Crippen LogP contribution < -0.4 is 4.40 Å². The minimum absolute atomic E-state index is 0. The molecule has 0 spiro atoms. The van der Waals surface area contributed by atoms with Gasteiger partial charge < -0.3 is 4.98 Å². The van der Waals surface area contributed by atoms with Gasteiger partial charge in [-0.3, -0.25) is 0 Å². The molecule has 0 aliphatic carbocycles. The van der Waals surface area contributed by atoms with Gasteiger partial charge in [0.05, 0.1) is 0 Å². The largest absolute Gasteiger partial charge is 0 e. The second-order valence-electron chi connectivity index (χ2n) is 11.7. The van der Waals surface area contributed by atoms with Crippen molar-refractivity contribution in [3.63, 3.8) is 0 Å². The normalized spacial score (nSPS) is 10.9. The van der Waals surface area contributed by atoms with Crippen molar-refractivity contribution in [2.45, 2.75) is 24.2 Å². The van der Waals surface area contributed by atoms with Crippen molar-refractivity contribution in [2.24, 2.45) is 0 Å². The molecule has 4 nitrogen and oxygen atoms in total. The molecule has 0 bridgehead atoms. The van der Waals surface area contributed by atoms with Crippen molar-refractivity contribution in [3.05, 3.63) is 139 Å². The second-order valence-corrected chi connectivity index (χ2v) is 22.4. The average molecular weight is 823 g/mol. The molecule has 1 radical (unpaired) electrons. The van der Waals surface area contributed by atoms with Gasteiger partial charge in [-0.25, -0.2) is 0 Å². The number of aromatic nitrogens is 2. The molecule has 0 aliphatic rings. The number of furan rings is 1. The average Bonchev–Trinajstić information content (AvgIpc) is 3.44. The topological polar surface area (TPSA) is 62.7 Å². The van der Waals surface area contributed by atoms with Crippen LogP contribution in [0, 0.1) is 30.4 Å². The molecular weight excluding hydrogens is 791 g/mol. The van der Waals surface area contributed by atoms with Crippen molar-refractivity contribution in [3.8, 4) is 39.7 Å². The Morgan fingerprint density at radius 3 is 2.16 bits per heavy atom. The summed E-state index contributed by atoms with van der Waals surface area (Å²) in [6, 6.07) is 43.0. The van der Waals surface area contributed by atoms with Crippen LogP contribution in [-0.2, 0) is 20.1 Å². The zero-order chi connectivity index (χ0) is 30.7. The summed E-state index contributed by atoms with van der Waals surface area (Å²) in [6.45, 7) is 2.03. The van der Waals surface area contributed by atoms with E-state index in [0.717, 1.165) is 55.6 Å². The number of aryl methyl sites for hydroxylation is 1. The standard InChI is InChI=1S/C27H21GeN2O.C12H10N.Ir/c1-28(2,3)20-13-10-18(11-14-20)25-19(17-29)12-15-22-21-7-6-8-23(26(21)31-27(22)25)24-9-4-5-16-30-24;1-10-7-8-12(13-9-10)11-5-3-2-4-6-11;/h4-7,9-16H,1-3H3;2-5,7-9H,1H3;/q2*-1;. The fourth-order valence-corrected chi connectivity index (χ4v) is 7.65. The van der Waals surface area contributed by atoms with Gasteiger partial charge in [0.25, 0.3) is 0 Å². The summed E-state index contributed by atoms with van der Waals surface area (Å²) >= 11 is -1.92. The van der Waals surface area contributed by atoms with Crippen LogP contribution in [0.3, 0.4) is 0 Å². The van der Waals surface area contributed by atoms with Gasteiger partial charge >= 0.3 is 178 Å². The first-order valence-corrected chi connectivity index (χ1v) is 21.9. The molecule has 0 atom stereocenters. The van der Waals surface area contributed by atoms with Crippen molar-refractivity contribution < 1.29 is 24.5 Å². The Bertz CT molecular complexity index is 2090. The van der Waals surface area contributed by atoms with Crippen LogP contribution in [0.15, 0.2) is 120 Å². The van der Waals surface area contributed by atoms with Gasteiger partial charge in [0, 0.05) is 26.3 Å². The number of pyridine rings is 2. The van der Waals surface area contributed by atoms with Gasteiger partial charge in [-0.05, 0) is 24.2 Å². The van der Waals surface area contributed by atoms with Crippen molar-refractivity contribution in [1.82, 2.24) is 9.97 Å². The minimum Gasteiger partial charge on any atom is 0 e. The molecule has 7 aromatic rings. The Morgan fingerprint density at radius 1 is 0.733 bits per heavy atom. The summed E-state index contributed by atoms with van der Waals surface area (Å²) < 4.78 is 7.89. The van der Waals surface area contributed by atoms with E-state index in [4.69, 9.17) is 4.42 Å². The van der Waals surface area contributed by atoms with Crippen LogP contribution in [0.5, 0.6) is 0 Å². The molecule has 0 saturated carbocycles. The summed E-state index contributed by atoms with van der Waals surface area (Å²) in [5.41, 5.74) is 8.78. The first-order valence-electron chi connectivity index (χ1n) is 14.6. The molecule has 6 heteroatoms. The number of fused-ring (bicyclic) bond motifs is 3. The quantitative estimate of drug-likeness (QED) is 0.131. The van der Waals surface area contributed by atoms with E-state index in [-0.39, 0.29) is 20.1 Å². The molecule has 45 heavy (non-hydrogen) atoms. The Labute approximate surface area is 280 Å². The van der Waals surface area contributed by atoms with E-state index in [0.29, 0.717) is 5.56 Å². The Kier molecular flexibility index (Phi) is 9.80.